The number of carbonyl (C=O) groups is 2. The maximum absolute atomic E-state index is 12.7. The fourth-order valence-electron chi connectivity index (χ4n) is 6.59. The van der Waals surface area contributed by atoms with Crippen LogP contribution in [-0.4, -0.2) is 70.0 Å². The van der Waals surface area contributed by atoms with Gasteiger partial charge in [0.25, 0.3) is 7.82 Å². The summed E-state index contributed by atoms with van der Waals surface area (Å²) >= 11 is 0. The Balaban J connectivity index is 4.06. The van der Waals surface area contributed by atoms with Crippen molar-refractivity contribution in [2.45, 2.75) is 225 Å². The van der Waals surface area contributed by atoms with Crippen LogP contribution in [0.5, 0.6) is 0 Å². The molecule has 56 heavy (non-hydrogen) atoms. The van der Waals surface area contributed by atoms with Crippen molar-refractivity contribution >= 4 is 19.8 Å². The zero-order chi connectivity index (χ0) is 41.4. The first-order valence-corrected chi connectivity index (χ1v) is 24.9. The third-order valence-corrected chi connectivity index (χ3v) is 11.2. The van der Waals surface area contributed by atoms with E-state index in [1.54, 1.807) is 0 Å². The van der Waals surface area contributed by atoms with E-state index in [1.165, 1.54) is 154 Å². The number of hydrogen-bond donors (Lipinski definition) is 0. The van der Waals surface area contributed by atoms with Crippen LogP contribution in [0.25, 0.3) is 0 Å². The van der Waals surface area contributed by atoms with E-state index in [2.05, 4.69) is 26.0 Å². The van der Waals surface area contributed by atoms with Gasteiger partial charge in [-0.3, -0.25) is 14.2 Å². The topological polar surface area (TPSA) is 111 Å². The summed E-state index contributed by atoms with van der Waals surface area (Å²) in [6, 6.07) is 0. The maximum atomic E-state index is 12.7. The van der Waals surface area contributed by atoms with Crippen LogP contribution < -0.4 is 4.89 Å². The van der Waals surface area contributed by atoms with Gasteiger partial charge < -0.3 is 27.9 Å². The molecule has 0 bridgehead atoms. The Bertz CT molecular complexity index is 969. The molecule has 10 heteroatoms. The van der Waals surface area contributed by atoms with E-state index in [4.69, 9.17) is 18.5 Å². The molecule has 0 radical (unpaired) electrons. The Morgan fingerprint density at radius 3 is 1.32 bits per heavy atom. The van der Waals surface area contributed by atoms with E-state index in [0.29, 0.717) is 17.4 Å². The summed E-state index contributed by atoms with van der Waals surface area (Å²) in [5.41, 5.74) is 0. The molecule has 0 rings (SSSR count). The quantitative estimate of drug-likeness (QED) is 0.0197. The first kappa shape index (κ1) is 54.8. The van der Waals surface area contributed by atoms with Crippen LogP contribution in [-0.2, 0) is 32.7 Å². The molecule has 0 amide bonds. The van der Waals surface area contributed by atoms with Gasteiger partial charge in [0.1, 0.15) is 19.8 Å². The van der Waals surface area contributed by atoms with E-state index in [1.807, 2.05) is 21.1 Å². The Morgan fingerprint density at radius 2 is 0.911 bits per heavy atom. The number of esters is 2. The van der Waals surface area contributed by atoms with Crippen molar-refractivity contribution in [3.05, 3.63) is 12.2 Å². The molecule has 0 aliphatic carbocycles. The maximum Gasteiger partial charge on any atom is 0.306 e. The van der Waals surface area contributed by atoms with Gasteiger partial charge in [0, 0.05) is 12.8 Å². The molecule has 0 saturated heterocycles. The molecule has 0 aromatic rings. The second kappa shape index (κ2) is 39.2. The van der Waals surface area contributed by atoms with Gasteiger partial charge in [-0.1, -0.05) is 180 Å². The molecular weight excluding hydrogens is 725 g/mol. The molecular formula is C46H90NO8P. The highest BCUT2D eigenvalue weighted by Crippen LogP contribution is 2.38. The third-order valence-electron chi connectivity index (χ3n) is 10.3. The normalized spacial score (nSPS) is 13.6. The predicted octanol–water partition coefficient (Wildman–Crippen LogP) is 12.7. The van der Waals surface area contributed by atoms with Crippen molar-refractivity contribution in [2.24, 2.45) is 0 Å². The summed E-state index contributed by atoms with van der Waals surface area (Å²) in [5.74, 6) is -0.832. The van der Waals surface area contributed by atoms with Crippen LogP contribution in [0.4, 0.5) is 0 Å². The number of unbranched alkanes of at least 4 members (excludes halogenated alkanes) is 27. The molecule has 332 valence electrons. The summed E-state index contributed by atoms with van der Waals surface area (Å²) in [6.07, 6.45) is 41.3. The first-order valence-electron chi connectivity index (χ1n) is 23.4. The highest BCUT2D eigenvalue weighted by molar-refractivity contribution is 7.45. The Labute approximate surface area is 346 Å². The summed E-state index contributed by atoms with van der Waals surface area (Å²) in [5, 5.41) is 0. The van der Waals surface area contributed by atoms with Crippen LogP contribution in [0.15, 0.2) is 12.2 Å². The molecule has 0 aliphatic rings. The summed E-state index contributed by atoms with van der Waals surface area (Å²) in [7, 11) is 1.17. The Hall–Kier alpha value is -1.25. The number of allylic oxidation sites excluding steroid dienone is 2. The number of phosphoric ester groups is 1. The number of nitrogens with zero attached hydrogens (tertiary/aromatic N) is 1. The first-order chi connectivity index (χ1) is 27.0. The van der Waals surface area contributed by atoms with Crippen LogP contribution >= 0.6 is 7.82 Å². The zero-order valence-electron chi connectivity index (χ0n) is 37.3. The van der Waals surface area contributed by atoms with Crippen LogP contribution in [0.1, 0.15) is 219 Å². The second-order valence-corrected chi connectivity index (χ2v) is 18.5. The molecule has 2 atom stereocenters. The predicted molar refractivity (Wildman–Crippen MR) is 231 cm³/mol. The summed E-state index contributed by atoms with van der Waals surface area (Å²) in [6.45, 7) is 4.20. The molecule has 0 aromatic carbocycles. The number of carbonyl (C=O) groups excluding carboxylic acids is 2. The zero-order valence-corrected chi connectivity index (χ0v) is 38.2. The van der Waals surface area contributed by atoms with Crippen molar-refractivity contribution in [3.63, 3.8) is 0 Å². The standard InChI is InChI=1S/C46H90NO8P/c1-6-8-10-12-14-15-16-17-18-19-20-21-22-23-24-25-26-27-28-29-30-31-33-35-37-39-46(49)55-44(43-54-56(50,51)53-41-40-47(3,4)5)42-52-45(48)38-36-34-32-13-11-9-7-2/h19-20,44H,6-18,21-43H2,1-5H3/b20-19-. The number of hydrogen-bond acceptors (Lipinski definition) is 8. The molecule has 2 unspecified atom stereocenters. The number of quaternary nitrogens is 1. The van der Waals surface area contributed by atoms with Crippen molar-refractivity contribution < 1.29 is 42.1 Å². The molecule has 0 heterocycles. The number of phosphoric acid groups is 1. The lowest BCUT2D eigenvalue weighted by Gasteiger charge is -2.28. The largest absolute Gasteiger partial charge is 0.756 e. The van der Waals surface area contributed by atoms with E-state index < -0.39 is 26.5 Å². The van der Waals surface area contributed by atoms with Gasteiger partial charge in [0.15, 0.2) is 6.10 Å². The van der Waals surface area contributed by atoms with E-state index in [9.17, 15) is 19.0 Å². The van der Waals surface area contributed by atoms with Crippen molar-refractivity contribution in [3.8, 4) is 0 Å². The minimum absolute atomic E-state index is 0.0277. The minimum atomic E-state index is -4.61. The monoisotopic (exact) mass is 816 g/mol. The Kier molecular flexibility index (Phi) is 38.3. The van der Waals surface area contributed by atoms with Gasteiger partial charge in [-0.05, 0) is 38.5 Å². The lowest BCUT2D eigenvalue weighted by molar-refractivity contribution is -0.870. The van der Waals surface area contributed by atoms with Crippen molar-refractivity contribution in [1.82, 2.24) is 0 Å². The van der Waals surface area contributed by atoms with Crippen LogP contribution in [0.3, 0.4) is 0 Å². The molecule has 0 N–H and O–H groups in total. The molecule has 0 fully saturated rings. The van der Waals surface area contributed by atoms with Gasteiger partial charge in [0.2, 0.25) is 0 Å². The summed E-state index contributed by atoms with van der Waals surface area (Å²) in [4.78, 5) is 37.3. The SMILES string of the molecule is CCCCCCCCCC/C=C\CCCCCCCCCCCCCCCC(=O)OC(COC(=O)CCCCCCCCC)COP(=O)([O-])OCC[N+](C)(C)C. The lowest BCUT2D eigenvalue weighted by Crippen LogP contribution is -2.37. The lowest BCUT2D eigenvalue weighted by atomic mass is 10.0. The van der Waals surface area contributed by atoms with E-state index in [0.717, 1.165) is 32.1 Å². The molecule has 9 nitrogen and oxygen atoms in total. The van der Waals surface area contributed by atoms with Crippen LogP contribution in [0, 0.1) is 0 Å². The van der Waals surface area contributed by atoms with Crippen molar-refractivity contribution in [1.29, 1.82) is 0 Å². The number of rotatable bonds is 43. The van der Waals surface area contributed by atoms with Gasteiger partial charge in [-0.25, -0.2) is 0 Å². The fraction of sp³-hybridized carbons (Fsp3) is 0.913. The second-order valence-electron chi connectivity index (χ2n) is 17.1. The molecule has 0 aliphatic heterocycles. The number of likely N-dealkylation sites (N-methyl/N-ethyl adjacent to an activating group) is 1. The van der Waals surface area contributed by atoms with Crippen molar-refractivity contribution in [2.75, 3.05) is 47.5 Å². The average Bonchev–Trinajstić information content (AvgIpc) is 3.15. The molecule has 0 saturated carbocycles. The van der Waals surface area contributed by atoms with Gasteiger partial charge >= 0.3 is 11.9 Å². The molecule has 0 aromatic heterocycles. The fourth-order valence-corrected chi connectivity index (χ4v) is 7.32. The Morgan fingerprint density at radius 1 is 0.536 bits per heavy atom. The minimum Gasteiger partial charge on any atom is -0.756 e. The highest BCUT2D eigenvalue weighted by atomic mass is 31.2. The molecule has 0 spiro atoms. The van der Waals surface area contributed by atoms with E-state index in [-0.39, 0.29) is 32.0 Å². The highest BCUT2D eigenvalue weighted by Gasteiger charge is 2.21. The summed E-state index contributed by atoms with van der Waals surface area (Å²) < 4.78 is 33.8. The number of ether oxygens (including phenoxy) is 2. The van der Waals surface area contributed by atoms with Gasteiger partial charge in [-0.15, -0.1) is 0 Å². The van der Waals surface area contributed by atoms with Gasteiger partial charge in [0.05, 0.1) is 27.7 Å². The van der Waals surface area contributed by atoms with Gasteiger partial charge in [-0.2, -0.15) is 0 Å². The third kappa shape index (κ3) is 42.4. The van der Waals surface area contributed by atoms with Crippen LogP contribution in [0.2, 0.25) is 0 Å². The van der Waals surface area contributed by atoms with E-state index >= 15 is 0 Å². The average molecular weight is 816 g/mol. The smallest absolute Gasteiger partial charge is 0.306 e.